The molecule has 0 aliphatic rings. The number of carboxylic acid groups (broad SMARTS) is 2. The topological polar surface area (TPSA) is 184 Å². The van der Waals surface area contributed by atoms with Gasteiger partial charge in [-0.3, -0.25) is 4.79 Å². The second-order valence-corrected chi connectivity index (χ2v) is 9.79. The SMILES string of the molecule is COc1c(C(C)Nc2ncnc3nc[nH]c23)cc(Cl)c(C)c1-c1cccc(C(=O)N(C)C)n1.O=C(O)C(F)(F)F.O=C(O)C(F)(F)F. The van der Waals surface area contributed by atoms with Gasteiger partial charge >= 0.3 is 24.3 Å². The molecule has 4 N–H and O–H groups in total. The van der Waals surface area contributed by atoms with Gasteiger partial charge in [0, 0.05) is 30.2 Å². The summed E-state index contributed by atoms with van der Waals surface area (Å²) in [4.78, 5) is 52.1. The lowest BCUT2D eigenvalue weighted by molar-refractivity contribution is -0.193. The molecule has 0 fully saturated rings. The Hall–Kier alpha value is -5.20. The van der Waals surface area contributed by atoms with Gasteiger partial charge in [-0.15, -0.1) is 0 Å². The number of H-pyrrole nitrogens is 1. The maximum absolute atomic E-state index is 12.5. The van der Waals surface area contributed by atoms with Crippen molar-refractivity contribution in [2.24, 2.45) is 0 Å². The van der Waals surface area contributed by atoms with Crippen molar-refractivity contribution in [2.45, 2.75) is 32.2 Å². The van der Waals surface area contributed by atoms with E-state index in [-0.39, 0.29) is 11.9 Å². The van der Waals surface area contributed by atoms with Crippen molar-refractivity contribution in [1.82, 2.24) is 29.8 Å². The summed E-state index contributed by atoms with van der Waals surface area (Å²) in [6.07, 6.45) is -7.13. The van der Waals surface area contributed by atoms with Gasteiger partial charge in [-0.05, 0) is 37.6 Å². The Labute approximate surface area is 266 Å². The third-order valence-electron chi connectivity index (χ3n) is 5.87. The Bertz CT molecular complexity index is 1720. The Balaban J connectivity index is 0.000000459. The zero-order valence-corrected chi connectivity index (χ0v) is 25.7. The molecule has 0 aliphatic carbocycles. The van der Waals surface area contributed by atoms with Gasteiger partial charge in [0.05, 0.1) is 25.2 Å². The number of alkyl halides is 6. The molecule has 0 aliphatic heterocycles. The molecular formula is C27H26ClF6N7O6. The molecule has 0 saturated heterocycles. The van der Waals surface area contributed by atoms with Crippen molar-refractivity contribution in [2.75, 3.05) is 26.5 Å². The first-order valence-electron chi connectivity index (χ1n) is 12.8. The van der Waals surface area contributed by atoms with E-state index < -0.39 is 24.3 Å². The molecular weight excluding hydrogens is 668 g/mol. The summed E-state index contributed by atoms with van der Waals surface area (Å²) < 4.78 is 69.3. The summed E-state index contributed by atoms with van der Waals surface area (Å²) in [5, 5.41) is 18.2. The lowest BCUT2D eigenvalue weighted by atomic mass is 9.96. The van der Waals surface area contributed by atoms with Crippen LogP contribution in [0.3, 0.4) is 0 Å². The minimum atomic E-state index is -5.08. The minimum absolute atomic E-state index is 0.182. The number of benzene rings is 1. The number of rotatable bonds is 6. The second-order valence-electron chi connectivity index (χ2n) is 9.38. The van der Waals surface area contributed by atoms with Gasteiger partial charge in [-0.1, -0.05) is 17.7 Å². The van der Waals surface area contributed by atoms with E-state index in [9.17, 15) is 31.1 Å². The summed E-state index contributed by atoms with van der Waals surface area (Å²) in [6, 6.07) is 6.97. The fourth-order valence-corrected chi connectivity index (χ4v) is 3.89. The van der Waals surface area contributed by atoms with E-state index in [1.165, 1.54) is 11.2 Å². The number of hydrogen-bond acceptors (Lipinski definition) is 9. The van der Waals surface area contributed by atoms with E-state index in [0.29, 0.717) is 39.1 Å². The van der Waals surface area contributed by atoms with Gasteiger partial charge in [-0.2, -0.15) is 26.3 Å². The standard InChI is InChI=1S/C23H24ClN7O2.2C2HF3O2/c1-12-15(24)9-14(13(2)29-22-19-21(26-10-25-19)27-11-28-22)20(33-5)18(12)16-7-6-8-17(30-16)23(32)31(3)4;2*3-2(4,5)1(6)7/h6-11,13H,1-5H3,(H2,25,26,27,28,29);2*(H,6,7). The maximum atomic E-state index is 12.5. The average molecular weight is 694 g/mol. The molecule has 47 heavy (non-hydrogen) atoms. The molecule has 0 bridgehead atoms. The molecule has 1 atom stereocenters. The van der Waals surface area contributed by atoms with Gasteiger partial charge in [0.2, 0.25) is 0 Å². The van der Waals surface area contributed by atoms with Gasteiger partial charge < -0.3 is 30.2 Å². The Morgan fingerprint density at radius 2 is 1.60 bits per heavy atom. The molecule has 0 spiro atoms. The van der Waals surface area contributed by atoms with Crippen LogP contribution in [0.1, 0.15) is 34.6 Å². The first kappa shape index (κ1) is 38.0. The largest absolute Gasteiger partial charge is 0.496 e. The number of nitrogens with zero attached hydrogens (tertiary/aromatic N) is 5. The number of hydrogen-bond donors (Lipinski definition) is 4. The predicted molar refractivity (Wildman–Crippen MR) is 155 cm³/mol. The van der Waals surface area contributed by atoms with Crippen LogP contribution in [0.25, 0.3) is 22.4 Å². The second kappa shape index (κ2) is 15.4. The summed E-state index contributed by atoms with van der Waals surface area (Å²) >= 11 is 6.65. The smallest absolute Gasteiger partial charge is 0.490 e. The fourth-order valence-electron chi connectivity index (χ4n) is 3.67. The molecule has 1 unspecified atom stereocenters. The number of carbonyl (C=O) groups excluding carboxylic acids is 1. The van der Waals surface area contributed by atoms with Gasteiger partial charge in [0.15, 0.2) is 11.5 Å². The number of amides is 1. The highest BCUT2D eigenvalue weighted by Gasteiger charge is 2.39. The first-order chi connectivity index (χ1) is 21.7. The van der Waals surface area contributed by atoms with Crippen LogP contribution >= 0.6 is 11.6 Å². The zero-order chi connectivity index (χ0) is 35.9. The number of methoxy groups -OCH3 is 1. The van der Waals surface area contributed by atoms with Crippen LogP contribution in [0.5, 0.6) is 5.75 Å². The summed E-state index contributed by atoms with van der Waals surface area (Å²) in [5.74, 6) is -4.46. The number of imidazole rings is 1. The van der Waals surface area contributed by atoms with Gasteiger partial charge in [-0.25, -0.2) is 29.5 Å². The summed E-state index contributed by atoms with van der Waals surface area (Å²) in [6.45, 7) is 3.89. The molecule has 4 aromatic rings. The molecule has 0 radical (unpaired) electrons. The molecule has 1 amide bonds. The first-order valence-corrected chi connectivity index (χ1v) is 13.1. The number of carbonyl (C=O) groups is 3. The fraction of sp³-hybridized carbons (Fsp3) is 0.296. The molecule has 4 rings (SSSR count). The molecule has 3 heterocycles. The highest BCUT2D eigenvalue weighted by Crippen LogP contribution is 2.42. The number of anilines is 1. The van der Waals surface area contributed by atoms with E-state index in [2.05, 4.69) is 30.2 Å². The molecule has 20 heteroatoms. The predicted octanol–water partition coefficient (Wildman–Crippen LogP) is 5.53. The number of pyridine rings is 1. The van der Waals surface area contributed by atoms with Crippen LogP contribution in [0, 0.1) is 6.92 Å². The monoisotopic (exact) mass is 693 g/mol. The lowest BCUT2D eigenvalue weighted by Crippen LogP contribution is -2.22. The van der Waals surface area contributed by atoms with E-state index in [4.69, 9.17) is 36.1 Å². The zero-order valence-electron chi connectivity index (χ0n) is 25.0. The normalized spacial score (nSPS) is 11.7. The van der Waals surface area contributed by atoms with Crippen LogP contribution in [0.2, 0.25) is 5.02 Å². The number of fused-ring (bicyclic) bond motifs is 1. The number of aliphatic carboxylic acids is 2. The lowest BCUT2D eigenvalue weighted by Gasteiger charge is -2.22. The molecule has 13 nitrogen and oxygen atoms in total. The minimum Gasteiger partial charge on any atom is -0.496 e. The Morgan fingerprint density at radius 1 is 1.02 bits per heavy atom. The Morgan fingerprint density at radius 3 is 2.11 bits per heavy atom. The van der Waals surface area contributed by atoms with Gasteiger partial charge in [0.1, 0.15) is 23.3 Å². The van der Waals surface area contributed by atoms with Crippen LogP contribution in [-0.4, -0.2) is 91.4 Å². The number of halogens is 7. The van der Waals surface area contributed by atoms with E-state index in [1.807, 2.05) is 26.0 Å². The summed E-state index contributed by atoms with van der Waals surface area (Å²) in [5.41, 5.74) is 4.58. The summed E-state index contributed by atoms with van der Waals surface area (Å²) in [7, 11) is 4.99. The quantitative estimate of drug-likeness (QED) is 0.186. The van der Waals surface area contributed by atoms with Crippen molar-refractivity contribution in [1.29, 1.82) is 0 Å². The van der Waals surface area contributed by atoms with E-state index in [1.54, 1.807) is 39.7 Å². The van der Waals surface area contributed by atoms with Crippen LogP contribution in [0.15, 0.2) is 36.9 Å². The highest BCUT2D eigenvalue weighted by molar-refractivity contribution is 6.32. The van der Waals surface area contributed by atoms with E-state index in [0.717, 1.165) is 16.7 Å². The van der Waals surface area contributed by atoms with Crippen molar-refractivity contribution in [3.05, 3.63) is 58.8 Å². The number of aromatic nitrogens is 5. The number of nitrogens with one attached hydrogen (secondary N) is 2. The Kier molecular flexibility index (Phi) is 12.4. The van der Waals surface area contributed by atoms with E-state index >= 15 is 0 Å². The molecule has 3 aromatic heterocycles. The van der Waals surface area contributed by atoms with Crippen LogP contribution in [0.4, 0.5) is 32.2 Å². The number of aromatic amines is 1. The highest BCUT2D eigenvalue weighted by atomic mass is 35.5. The molecule has 0 saturated carbocycles. The average Bonchev–Trinajstić information content (AvgIpc) is 3.47. The van der Waals surface area contributed by atoms with Crippen LogP contribution < -0.4 is 10.1 Å². The molecule has 254 valence electrons. The third kappa shape index (κ3) is 9.89. The molecule has 1 aromatic carbocycles. The van der Waals surface area contributed by atoms with Crippen molar-refractivity contribution < 1.29 is 55.7 Å². The van der Waals surface area contributed by atoms with Crippen molar-refractivity contribution in [3.63, 3.8) is 0 Å². The maximum Gasteiger partial charge on any atom is 0.490 e. The third-order valence-corrected chi connectivity index (χ3v) is 6.26. The van der Waals surface area contributed by atoms with Crippen molar-refractivity contribution in [3.8, 4) is 17.0 Å². The van der Waals surface area contributed by atoms with Gasteiger partial charge in [0.25, 0.3) is 5.91 Å². The number of ether oxygens (including phenoxy) is 1. The van der Waals surface area contributed by atoms with Crippen LogP contribution in [-0.2, 0) is 9.59 Å². The van der Waals surface area contributed by atoms with Crippen molar-refractivity contribution >= 4 is 46.4 Å². The number of carboxylic acids is 2.